The van der Waals surface area contributed by atoms with Crippen LogP contribution in [0.15, 0.2) is 21.9 Å². The smallest absolute Gasteiger partial charge is 0.394 e. The normalized spacial score (nSPS) is 28.2. The molecule has 0 aliphatic carbocycles. The SMILES string of the molecule is CCO[C@@H]1[C@H](OP(=O)(O)O)[C@@H](CO)O[C@H]1n1ccc(=O)[nH]c1=O. The maximum Gasteiger partial charge on any atom is 0.470 e. The molecule has 130 valence electrons. The molecule has 0 bridgehead atoms. The van der Waals surface area contributed by atoms with Gasteiger partial charge in [-0.25, -0.2) is 9.36 Å². The summed E-state index contributed by atoms with van der Waals surface area (Å²) in [6, 6.07) is 1.08. The molecule has 0 spiro atoms. The molecule has 4 N–H and O–H groups in total. The number of nitrogens with one attached hydrogen (secondary N) is 1. The number of aliphatic hydroxyl groups excluding tert-OH is 1. The fraction of sp³-hybridized carbons (Fsp3) is 0.636. The van der Waals surface area contributed by atoms with E-state index in [9.17, 15) is 19.3 Å². The first-order chi connectivity index (χ1) is 10.8. The van der Waals surface area contributed by atoms with Crippen LogP contribution in [0.2, 0.25) is 0 Å². The van der Waals surface area contributed by atoms with Crippen LogP contribution in [0.4, 0.5) is 0 Å². The lowest BCUT2D eigenvalue weighted by Crippen LogP contribution is -2.40. The van der Waals surface area contributed by atoms with Crippen LogP contribution < -0.4 is 11.2 Å². The van der Waals surface area contributed by atoms with Crippen LogP contribution in [0.25, 0.3) is 0 Å². The molecular formula is C11H17N2O9P. The summed E-state index contributed by atoms with van der Waals surface area (Å²) >= 11 is 0. The van der Waals surface area contributed by atoms with Crippen LogP contribution in [-0.4, -0.2) is 56.0 Å². The van der Waals surface area contributed by atoms with E-state index in [0.717, 1.165) is 16.8 Å². The number of phosphoric ester groups is 1. The lowest BCUT2D eigenvalue weighted by atomic mass is 10.1. The van der Waals surface area contributed by atoms with Crippen LogP contribution in [0.5, 0.6) is 0 Å². The van der Waals surface area contributed by atoms with E-state index in [1.807, 2.05) is 4.98 Å². The molecule has 1 aromatic rings. The first kappa shape index (κ1) is 18.0. The van der Waals surface area contributed by atoms with Crippen LogP contribution in [0, 0.1) is 0 Å². The molecule has 23 heavy (non-hydrogen) atoms. The predicted molar refractivity (Wildman–Crippen MR) is 74.6 cm³/mol. The Labute approximate surface area is 129 Å². The summed E-state index contributed by atoms with van der Waals surface area (Å²) in [7, 11) is -4.88. The Morgan fingerprint density at radius 3 is 2.61 bits per heavy atom. The molecule has 1 fully saturated rings. The van der Waals surface area contributed by atoms with Crippen molar-refractivity contribution >= 4 is 7.82 Å². The molecule has 1 aliphatic heterocycles. The summed E-state index contributed by atoms with van der Waals surface area (Å²) in [6.45, 7) is 1.16. The number of aromatic amines is 1. The van der Waals surface area contributed by atoms with Crippen LogP contribution in [0.3, 0.4) is 0 Å². The van der Waals surface area contributed by atoms with E-state index in [2.05, 4.69) is 4.52 Å². The fourth-order valence-electron chi connectivity index (χ4n) is 2.36. The van der Waals surface area contributed by atoms with Crippen molar-refractivity contribution in [2.75, 3.05) is 13.2 Å². The number of aliphatic hydroxyl groups is 1. The van der Waals surface area contributed by atoms with Gasteiger partial charge in [0.25, 0.3) is 5.56 Å². The minimum Gasteiger partial charge on any atom is -0.394 e. The zero-order valence-corrected chi connectivity index (χ0v) is 13.0. The first-order valence-corrected chi connectivity index (χ1v) is 8.23. The highest BCUT2D eigenvalue weighted by Gasteiger charge is 2.49. The Morgan fingerprint density at radius 2 is 2.09 bits per heavy atom. The molecule has 2 rings (SSSR count). The van der Waals surface area contributed by atoms with Gasteiger partial charge in [-0.1, -0.05) is 0 Å². The molecule has 0 unspecified atom stereocenters. The summed E-state index contributed by atoms with van der Waals surface area (Å²) in [6.07, 6.45) is -3.47. The van der Waals surface area contributed by atoms with Gasteiger partial charge in [0.05, 0.1) is 6.61 Å². The van der Waals surface area contributed by atoms with Gasteiger partial charge in [-0.05, 0) is 6.92 Å². The van der Waals surface area contributed by atoms with E-state index < -0.39 is 50.2 Å². The van der Waals surface area contributed by atoms with Crippen molar-refractivity contribution < 1.29 is 33.5 Å². The standard InChI is InChI=1S/C11H17N2O9P/c1-2-20-9-8(22-23(17,18)19)6(5-14)21-10(9)13-4-3-7(15)12-11(13)16/h3-4,6,8-10,14H,2,5H2,1H3,(H,12,15,16)(H2,17,18,19)/t6-,8-,9-,10-/m1/s1. The number of aromatic nitrogens is 2. The molecule has 12 heteroatoms. The lowest BCUT2D eigenvalue weighted by Gasteiger charge is -2.24. The first-order valence-electron chi connectivity index (χ1n) is 6.70. The second kappa shape index (κ2) is 7.05. The zero-order valence-electron chi connectivity index (χ0n) is 12.1. The van der Waals surface area contributed by atoms with Crippen LogP contribution in [0.1, 0.15) is 13.2 Å². The van der Waals surface area contributed by atoms with Crippen molar-refractivity contribution in [2.24, 2.45) is 0 Å². The predicted octanol–water partition coefficient (Wildman–Crippen LogP) is -1.69. The number of hydrogen-bond acceptors (Lipinski definition) is 7. The molecular weight excluding hydrogens is 335 g/mol. The van der Waals surface area contributed by atoms with Gasteiger partial charge in [-0.3, -0.25) is 18.9 Å². The highest BCUT2D eigenvalue weighted by molar-refractivity contribution is 7.46. The van der Waals surface area contributed by atoms with E-state index in [1.54, 1.807) is 6.92 Å². The van der Waals surface area contributed by atoms with Crippen molar-refractivity contribution in [1.29, 1.82) is 0 Å². The monoisotopic (exact) mass is 352 g/mol. The molecule has 1 aliphatic rings. The van der Waals surface area contributed by atoms with Crippen molar-refractivity contribution in [3.8, 4) is 0 Å². The Hall–Kier alpha value is -1.33. The third kappa shape index (κ3) is 4.15. The molecule has 0 saturated carbocycles. The van der Waals surface area contributed by atoms with Gasteiger partial charge >= 0.3 is 13.5 Å². The number of ether oxygens (including phenoxy) is 2. The second-order valence-corrected chi connectivity index (χ2v) is 5.94. The average molecular weight is 352 g/mol. The number of hydrogen-bond donors (Lipinski definition) is 4. The van der Waals surface area contributed by atoms with E-state index in [0.29, 0.717) is 0 Å². The Bertz CT molecular complexity index is 695. The van der Waals surface area contributed by atoms with E-state index in [-0.39, 0.29) is 6.61 Å². The molecule has 0 amide bonds. The third-order valence-electron chi connectivity index (χ3n) is 3.21. The maximum absolute atomic E-state index is 11.9. The molecule has 1 saturated heterocycles. The van der Waals surface area contributed by atoms with Crippen molar-refractivity contribution in [2.45, 2.75) is 31.5 Å². The number of H-pyrrole nitrogens is 1. The Balaban J connectivity index is 2.40. The molecule has 4 atom stereocenters. The summed E-state index contributed by atoms with van der Waals surface area (Å²) in [5, 5.41) is 9.34. The van der Waals surface area contributed by atoms with Gasteiger partial charge in [0.1, 0.15) is 18.3 Å². The quantitative estimate of drug-likeness (QED) is 0.438. The van der Waals surface area contributed by atoms with Crippen molar-refractivity contribution in [3.05, 3.63) is 33.1 Å². The number of nitrogens with zero attached hydrogens (tertiary/aromatic N) is 1. The summed E-state index contributed by atoms with van der Waals surface area (Å²) in [4.78, 5) is 43.1. The number of phosphoric acid groups is 1. The summed E-state index contributed by atoms with van der Waals surface area (Å²) < 4.78 is 27.6. The van der Waals surface area contributed by atoms with Gasteiger partial charge in [0.2, 0.25) is 0 Å². The van der Waals surface area contributed by atoms with Gasteiger partial charge in [-0.2, -0.15) is 0 Å². The van der Waals surface area contributed by atoms with Crippen LogP contribution in [-0.2, 0) is 18.6 Å². The van der Waals surface area contributed by atoms with Gasteiger partial charge in [-0.15, -0.1) is 0 Å². The summed E-state index contributed by atoms with van der Waals surface area (Å²) in [5.41, 5.74) is -1.40. The molecule has 0 aromatic carbocycles. The largest absolute Gasteiger partial charge is 0.470 e. The number of rotatable bonds is 6. The van der Waals surface area contributed by atoms with Crippen LogP contribution >= 0.6 is 7.82 Å². The molecule has 11 nitrogen and oxygen atoms in total. The van der Waals surface area contributed by atoms with E-state index >= 15 is 0 Å². The van der Waals surface area contributed by atoms with Gasteiger partial charge in [0, 0.05) is 18.9 Å². The molecule has 2 heterocycles. The summed E-state index contributed by atoms with van der Waals surface area (Å²) in [5.74, 6) is 0. The minimum absolute atomic E-state index is 0.141. The van der Waals surface area contributed by atoms with E-state index in [4.69, 9.17) is 19.3 Å². The maximum atomic E-state index is 11.9. The highest BCUT2D eigenvalue weighted by Crippen LogP contribution is 2.44. The van der Waals surface area contributed by atoms with Gasteiger partial charge < -0.3 is 24.4 Å². The van der Waals surface area contributed by atoms with Crippen molar-refractivity contribution in [1.82, 2.24) is 9.55 Å². The highest BCUT2D eigenvalue weighted by atomic mass is 31.2. The fourth-order valence-corrected chi connectivity index (χ4v) is 2.94. The Kier molecular flexibility index (Phi) is 5.53. The lowest BCUT2D eigenvalue weighted by molar-refractivity contribution is -0.0715. The average Bonchev–Trinajstić information content (AvgIpc) is 2.76. The van der Waals surface area contributed by atoms with Gasteiger partial charge in [0.15, 0.2) is 6.23 Å². The van der Waals surface area contributed by atoms with E-state index in [1.165, 1.54) is 0 Å². The Morgan fingerprint density at radius 1 is 1.39 bits per heavy atom. The molecule has 0 radical (unpaired) electrons. The third-order valence-corrected chi connectivity index (χ3v) is 3.73. The van der Waals surface area contributed by atoms with Crippen molar-refractivity contribution in [3.63, 3.8) is 0 Å². The zero-order chi connectivity index (χ0) is 17.2. The minimum atomic E-state index is -4.88. The molecule has 1 aromatic heterocycles. The second-order valence-electron chi connectivity index (χ2n) is 4.75. The topological polar surface area (TPSA) is 160 Å².